The van der Waals surface area contributed by atoms with E-state index in [1.54, 1.807) is 0 Å². The highest BCUT2D eigenvalue weighted by Gasteiger charge is 2.45. The second-order valence-corrected chi connectivity index (χ2v) is 7.05. The van der Waals surface area contributed by atoms with Gasteiger partial charge in [0.05, 0.1) is 5.92 Å². The van der Waals surface area contributed by atoms with Crippen LogP contribution in [-0.4, -0.2) is 24.0 Å². The van der Waals surface area contributed by atoms with Crippen LogP contribution in [0, 0.1) is 17.3 Å². The fourth-order valence-electron chi connectivity index (χ4n) is 3.04. The molecule has 116 valence electrons. The zero-order chi connectivity index (χ0) is 14.8. The number of hydrogen-bond donors (Lipinski definition) is 1. The third-order valence-corrected chi connectivity index (χ3v) is 5.12. The highest BCUT2D eigenvalue weighted by Crippen LogP contribution is 2.48. The maximum absolute atomic E-state index is 12.7. The SMILES string of the molecule is O=C(NCC1(CCBr)CC1)C1CCCC(C(F)(F)F)C1. The van der Waals surface area contributed by atoms with Crippen molar-refractivity contribution in [1.29, 1.82) is 0 Å². The second-order valence-electron chi connectivity index (χ2n) is 6.26. The normalized spacial score (nSPS) is 29.0. The topological polar surface area (TPSA) is 29.1 Å². The van der Waals surface area contributed by atoms with Gasteiger partial charge in [-0.15, -0.1) is 0 Å². The number of alkyl halides is 4. The first-order valence-electron chi connectivity index (χ1n) is 7.27. The van der Waals surface area contributed by atoms with E-state index in [2.05, 4.69) is 21.2 Å². The molecular weight excluding hydrogens is 335 g/mol. The van der Waals surface area contributed by atoms with Crippen LogP contribution in [0.15, 0.2) is 0 Å². The predicted molar refractivity (Wildman–Crippen MR) is 74.6 cm³/mol. The van der Waals surface area contributed by atoms with Crippen molar-refractivity contribution in [3.63, 3.8) is 0 Å². The monoisotopic (exact) mass is 355 g/mol. The van der Waals surface area contributed by atoms with Crippen LogP contribution in [0.1, 0.15) is 44.9 Å². The number of halogens is 4. The number of rotatable bonds is 5. The van der Waals surface area contributed by atoms with E-state index in [1.165, 1.54) is 0 Å². The maximum atomic E-state index is 12.7. The Balaban J connectivity index is 1.80. The van der Waals surface area contributed by atoms with Crippen molar-refractivity contribution >= 4 is 21.8 Å². The fourth-order valence-corrected chi connectivity index (χ4v) is 3.88. The van der Waals surface area contributed by atoms with Crippen molar-refractivity contribution in [2.45, 2.75) is 51.1 Å². The molecule has 0 saturated heterocycles. The molecule has 0 heterocycles. The second kappa shape index (κ2) is 6.24. The highest BCUT2D eigenvalue weighted by molar-refractivity contribution is 9.09. The molecule has 2 unspecified atom stereocenters. The van der Waals surface area contributed by atoms with Crippen LogP contribution in [0.5, 0.6) is 0 Å². The van der Waals surface area contributed by atoms with Gasteiger partial charge in [-0.3, -0.25) is 4.79 Å². The zero-order valence-corrected chi connectivity index (χ0v) is 13.0. The van der Waals surface area contributed by atoms with Gasteiger partial charge in [-0.05, 0) is 43.9 Å². The summed E-state index contributed by atoms with van der Waals surface area (Å²) in [5.41, 5.74) is 0.206. The van der Waals surface area contributed by atoms with E-state index in [9.17, 15) is 18.0 Å². The van der Waals surface area contributed by atoms with Gasteiger partial charge in [-0.2, -0.15) is 13.2 Å². The lowest BCUT2D eigenvalue weighted by molar-refractivity contribution is -0.186. The van der Waals surface area contributed by atoms with Gasteiger partial charge in [0.2, 0.25) is 5.91 Å². The van der Waals surface area contributed by atoms with Crippen molar-refractivity contribution in [2.75, 3.05) is 11.9 Å². The molecule has 0 bridgehead atoms. The van der Waals surface area contributed by atoms with E-state index < -0.39 is 18.0 Å². The number of carbonyl (C=O) groups is 1. The largest absolute Gasteiger partial charge is 0.391 e. The molecule has 2 fully saturated rings. The molecule has 1 amide bonds. The average Bonchev–Trinajstić information content (AvgIpc) is 3.16. The summed E-state index contributed by atoms with van der Waals surface area (Å²) in [4.78, 5) is 12.1. The van der Waals surface area contributed by atoms with E-state index in [0.29, 0.717) is 19.4 Å². The Bertz CT molecular complexity index is 355. The van der Waals surface area contributed by atoms with Gasteiger partial charge in [0.1, 0.15) is 0 Å². The minimum absolute atomic E-state index is 0.0409. The molecule has 2 aliphatic rings. The highest BCUT2D eigenvalue weighted by atomic mass is 79.9. The fraction of sp³-hybridized carbons (Fsp3) is 0.929. The molecule has 0 aliphatic heterocycles. The van der Waals surface area contributed by atoms with Crippen molar-refractivity contribution in [1.82, 2.24) is 5.32 Å². The summed E-state index contributed by atoms with van der Waals surface area (Å²) in [7, 11) is 0. The number of amides is 1. The standard InChI is InChI=1S/C14H21BrF3NO/c15-7-6-13(4-5-13)9-19-12(20)10-2-1-3-11(8-10)14(16,17)18/h10-11H,1-9H2,(H,19,20). The number of hydrogen-bond acceptors (Lipinski definition) is 1. The summed E-state index contributed by atoms with van der Waals surface area (Å²) >= 11 is 3.40. The molecule has 20 heavy (non-hydrogen) atoms. The van der Waals surface area contributed by atoms with Crippen molar-refractivity contribution in [3.8, 4) is 0 Å². The summed E-state index contributed by atoms with van der Waals surface area (Å²) in [6.07, 6.45) is 0.277. The van der Waals surface area contributed by atoms with Crippen LogP contribution >= 0.6 is 15.9 Å². The first kappa shape index (κ1) is 16.1. The Hall–Kier alpha value is -0.260. The summed E-state index contributed by atoms with van der Waals surface area (Å²) in [5, 5.41) is 3.79. The molecule has 0 radical (unpaired) electrons. The zero-order valence-electron chi connectivity index (χ0n) is 11.4. The maximum Gasteiger partial charge on any atom is 0.391 e. The van der Waals surface area contributed by atoms with Crippen LogP contribution < -0.4 is 5.32 Å². The molecule has 2 aliphatic carbocycles. The summed E-state index contributed by atoms with van der Waals surface area (Å²) in [6.45, 7) is 0.616. The third kappa shape index (κ3) is 4.12. The molecule has 1 N–H and O–H groups in total. The molecular formula is C14H21BrF3NO. The average molecular weight is 356 g/mol. The minimum Gasteiger partial charge on any atom is -0.355 e. The molecule has 2 saturated carbocycles. The van der Waals surface area contributed by atoms with E-state index in [4.69, 9.17) is 0 Å². The lowest BCUT2D eigenvalue weighted by Crippen LogP contribution is -2.39. The molecule has 0 aromatic carbocycles. The van der Waals surface area contributed by atoms with Crippen LogP contribution in [-0.2, 0) is 4.79 Å². The molecule has 2 nitrogen and oxygen atoms in total. The Morgan fingerprint density at radius 1 is 1.30 bits per heavy atom. The number of nitrogens with one attached hydrogen (secondary N) is 1. The summed E-state index contributed by atoms with van der Waals surface area (Å²) in [5.74, 6) is -1.95. The van der Waals surface area contributed by atoms with Gasteiger partial charge >= 0.3 is 6.18 Å². The van der Waals surface area contributed by atoms with Crippen molar-refractivity contribution in [3.05, 3.63) is 0 Å². The Labute approximate surface area is 126 Å². The van der Waals surface area contributed by atoms with E-state index in [1.807, 2.05) is 0 Å². The molecule has 0 aromatic heterocycles. The molecule has 6 heteroatoms. The van der Waals surface area contributed by atoms with Gasteiger partial charge in [-0.25, -0.2) is 0 Å². The Morgan fingerprint density at radius 3 is 2.55 bits per heavy atom. The van der Waals surface area contributed by atoms with Crippen LogP contribution in [0.2, 0.25) is 0 Å². The van der Waals surface area contributed by atoms with Crippen molar-refractivity contribution < 1.29 is 18.0 Å². The molecule has 2 atom stereocenters. The van der Waals surface area contributed by atoms with Crippen LogP contribution in [0.3, 0.4) is 0 Å². The molecule has 0 aromatic rings. The van der Waals surface area contributed by atoms with Gasteiger partial charge in [0.25, 0.3) is 0 Å². The molecule has 0 spiro atoms. The smallest absolute Gasteiger partial charge is 0.355 e. The summed E-state index contributed by atoms with van der Waals surface area (Å²) in [6, 6.07) is 0. The van der Waals surface area contributed by atoms with E-state index in [-0.39, 0.29) is 24.2 Å². The first-order valence-corrected chi connectivity index (χ1v) is 8.39. The van der Waals surface area contributed by atoms with Crippen LogP contribution in [0.25, 0.3) is 0 Å². The van der Waals surface area contributed by atoms with Crippen LogP contribution in [0.4, 0.5) is 13.2 Å². The van der Waals surface area contributed by atoms with Gasteiger partial charge in [-0.1, -0.05) is 22.4 Å². The van der Waals surface area contributed by atoms with E-state index >= 15 is 0 Å². The van der Waals surface area contributed by atoms with Gasteiger partial charge < -0.3 is 5.32 Å². The molecule has 2 rings (SSSR count). The van der Waals surface area contributed by atoms with Crippen molar-refractivity contribution in [2.24, 2.45) is 17.3 Å². The Morgan fingerprint density at radius 2 is 2.00 bits per heavy atom. The van der Waals surface area contributed by atoms with Gasteiger partial charge in [0.15, 0.2) is 0 Å². The minimum atomic E-state index is -4.16. The summed E-state index contributed by atoms with van der Waals surface area (Å²) < 4.78 is 38.2. The first-order chi connectivity index (χ1) is 9.36. The Kier molecular flexibility index (Phi) is 5.03. The lowest BCUT2D eigenvalue weighted by atomic mass is 9.80. The quantitative estimate of drug-likeness (QED) is 0.741. The predicted octanol–water partition coefficient (Wildman–Crippen LogP) is 4.04. The van der Waals surface area contributed by atoms with E-state index in [0.717, 1.165) is 24.6 Å². The third-order valence-electron chi connectivity index (χ3n) is 4.73. The number of carbonyl (C=O) groups excluding carboxylic acids is 1. The lowest BCUT2D eigenvalue weighted by Gasteiger charge is -2.30. The van der Waals surface area contributed by atoms with Gasteiger partial charge in [0, 0.05) is 17.8 Å².